The lowest BCUT2D eigenvalue weighted by molar-refractivity contribution is -0.138. The number of nitrogens with zero attached hydrogens (tertiary/aromatic N) is 2. The van der Waals surface area contributed by atoms with E-state index in [1.165, 1.54) is 10.4 Å². The van der Waals surface area contributed by atoms with Crippen LogP contribution in [0.5, 0.6) is 0 Å². The molecule has 2 fully saturated rings. The van der Waals surface area contributed by atoms with E-state index in [2.05, 4.69) is 0 Å². The van der Waals surface area contributed by atoms with Crippen molar-refractivity contribution >= 4 is 38.9 Å². The quantitative estimate of drug-likeness (QED) is 0.813. The van der Waals surface area contributed by atoms with Crippen LogP contribution in [-0.4, -0.2) is 62.4 Å². The fraction of sp³-hybridized carbons (Fsp3) is 0.615. The van der Waals surface area contributed by atoms with Crippen LogP contribution in [0.25, 0.3) is 0 Å². The minimum Gasteiger partial charge on any atom is -0.378 e. The molecule has 2 saturated heterocycles. The summed E-state index contributed by atoms with van der Waals surface area (Å²) in [5.74, 6) is -0.118. The van der Waals surface area contributed by atoms with E-state index in [-0.39, 0.29) is 10.1 Å². The Morgan fingerprint density at radius 1 is 1.27 bits per heavy atom. The van der Waals surface area contributed by atoms with E-state index >= 15 is 0 Å². The molecule has 0 spiro atoms. The lowest BCUT2D eigenvalue weighted by Gasteiger charge is -2.31. The largest absolute Gasteiger partial charge is 0.378 e. The minimum atomic E-state index is -3.66. The monoisotopic (exact) mass is 364 g/mol. The van der Waals surface area contributed by atoms with Crippen molar-refractivity contribution in [2.75, 3.05) is 32.8 Å². The van der Waals surface area contributed by atoms with Crippen molar-refractivity contribution in [2.24, 2.45) is 0 Å². The summed E-state index contributed by atoms with van der Waals surface area (Å²) in [5, 5.41) is 0. The highest BCUT2D eigenvalue weighted by Crippen LogP contribution is 2.32. The predicted molar refractivity (Wildman–Crippen MR) is 83.6 cm³/mol. The molecule has 1 amide bonds. The standard InChI is InChI=1S/C13H17ClN2O4S2/c14-11-3-4-12(21-11)22(18,19)16-5-1-2-10(16)13(17)15-6-8-20-9-7-15/h3-4,10H,1-2,5-9H2/t10-/m0/s1. The Morgan fingerprint density at radius 3 is 2.64 bits per heavy atom. The van der Waals surface area contributed by atoms with Crippen LogP contribution in [-0.2, 0) is 19.6 Å². The van der Waals surface area contributed by atoms with Gasteiger partial charge in [-0.1, -0.05) is 11.6 Å². The van der Waals surface area contributed by atoms with Gasteiger partial charge in [-0.2, -0.15) is 4.31 Å². The van der Waals surface area contributed by atoms with Gasteiger partial charge >= 0.3 is 0 Å². The molecule has 0 radical (unpaired) electrons. The number of hydrogen-bond acceptors (Lipinski definition) is 5. The summed E-state index contributed by atoms with van der Waals surface area (Å²) in [5.41, 5.74) is 0. The number of sulfonamides is 1. The van der Waals surface area contributed by atoms with Crippen molar-refractivity contribution in [3.8, 4) is 0 Å². The topological polar surface area (TPSA) is 66.9 Å². The molecule has 0 aromatic carbocycles. The fourth-order valence-electron chi connectivity index (χ4n) is 2.82. The Kier molecular flexibility index (Phi) is 4.75. The second kappa shape index (κ2) is 6.45. The Bertz CT molecular complexity index is 655. The van der Waals surface area contributed by atoms with Gasteiger partial charge in [0, 0.05) is 19.6 Å². The first-order chi connectivity index (χ1) is 10.5. The highest BCUT2D eigenvalue weighted by molar-refractivity contribution is 7.91. The van der Waals surface area contributed by atoms with E-state index in [9.17, 15) is 13.2 Å². The van der Waals surface area contributed by atoms with E-state index in [1.807, 2.05) is 0 Å². The molecule has 3 heterocycles. The molecule has 3 rings (SSSR count). The van der Waals surface area contributed by atoms with Gasteiger partial charge in [-0.3, -0.25) is 4.79 Å². The van der Waals surface area contributed by atoms with Gasteiger partial charge in [0.2, 0.25) is 5.91 Å². The molecule has 2 aliphatic rings. The zero-order chi connectivity index (χ0) is 15.7. The lowest BCUT2D eigenvalue weighted by Crippen LogP contribution is -2.50. The van der Waals surface area contributed by atoms with E-state index in [0.29, 0.717) is 50.0 Å². The molecule has 9 heteroatoms. The Labute approximate surface area is 138 Å². The van der Waals surface area contributed by atoms with E-state index in [1.54, 1.807) is 11.0 Å². The Balaban J connectivity index is 1.82. The first-order valence-electron chi connectivity index (χ1n) is 7.14. The number of thiophene rings is 1. The maximum absolute atomic E-state index is 12.7. The number of amides is 1. The van der Waals surface area contributed by atoms with Crippen LogP contribution in [0, 0.1) is 0 Å². The van der Waals surface area contributed by atoms with Gasteiger partial charge < -0.3 is 9.64 Å². The zero-order valence-corrected chi connectivity index (χ0v) is 14.3. The molecular formula is C13H17ClN2O4S2. The normalized spacial score (nSPS) is 23.9. The van der Waals surface area contributed by atoms with Gasteiger partial charge in [-0.05, 0) is 25.0 Å². The molecule has 0 N–H and O–H groups in total. The van der Waals surface area contributed by atoms with E-state index in [4.69, 9.17) is 16.3 Å². The molecule has 1 aromatic rings. The summed E-state index contributed by atoms with van der Waals surface area (Å²) in [4.78, 5) is 14.3. The molecule has 122 valence electrons. The van der Waals surface area contributed by atoms with Crippen LogP contribution in [0.1, 0.15) is 12.8 Å². The Morgan fingerprint density at radius 2 is 2.00 bits per heavy atom. The summed E-state index contributed by atoms with van der Waals surface area (Å²) >= 11 is 6.86. The van der Waals surface area contributed by atoms with Gasteiger partial charge in [0.25, 0.3) is 10.0 Å². The molecule has 0 bridgehead atoms. The third kappa shape index (κ3) is 3.03. The molecule has 0 aliphatic carbocycles. The van der Waals surface area contributed by atoms with Crippen LogP contribution in [0.2, 0.25) is 4.34 Å². The number of rotatable bonds is 3. The SMILES string of the molecule is O=C([C@@H]1CCCN1S(=O)(=O)c1ccc(Cl)s1)N1CCOCC1. The second-order valence-corrected chi connectivity index (χ2v) is 9.10. The number of carbonyl (C=O) groups is 1. The summed E-state index contributed by atoms with van der Waals surface area (Å²) in [6.07, 6.45) is 1.26. The zero-order valence-electron chi connectivity index (χ0n) is 11.9. The van der Waals surface area contributed by atoms with Crippen LogP contribution in [0.3, 0.4) is 0 Å². The van der Waals surface area contributed by atoms with E-state index in [0.717, 1.165) is 11.3 Å². The first-order valence-corrected chi connectivity index (χ1v) is 9.77. The molecule has 1 aromatic heterocycles. The summed E-state index contributed by atoms with van der Waals surface area (Å²) < 4.78 is 32.6. The number of morpholine rings is 1. The second-order valence-electron chi connectivity index (χ2n) is 5.27. The summed E-state index contributed by atoms with van der Waals surface area (Å²) in [7, 11) is -3.66. The van der Waals surface area contributed by atoms with Crippen molar-refractivity contribution in [3.63, 3.8) is 0 Å². The Hall–Kier alpha value is -0.670. The minimum absolute atomic E-state index is 0.118. The lowest BCUT2D eigenvalue weighted by atomic mass is 10.2. The van der Waals surface area contributed by atoms with Crippen molar-refractivity contribution in [1.29, 1.82) is 0 Å². The first kappa shape index (κ1) is 16.2. The molecule has 1 atom stereocenters. The summed E-state index contributed by atoms with van der Waals surface area (Å²) in [6, 6.07) is 2.45. The van der Waals surface area contributed by atoms with Gasteiger partial charge in [0.15, 0.2) is 0 Å². The smallest absolute Gasteiger partial charge is 0.253 e. The number of carbonyl (C=O) groups excluding carboxylic acids is 1. The number of halogens is 1. The van der Waals surface area contributed by atoms with Gasteiger partial charge in [0.05, 0.1) is 17.6 Å². The molecule has 0 unspecified atom stereocenters. The highest BCUT2D eigenvalue weighted by atomic mass is 35.5. The molecule has 22 heavy (non-hydrogen) atoms. The maximum atomic E-state index is 12.7. The van der Waals surface area contributed by atoms with Gasteiger partial charge in [-0.25, -0.2) is 8.42 Å². The average molecular weight is 365 g/mol. The molecule has 0 saturated carbocycles. The molecular weight excluding hydrogens is 348 g/mol. The summed E-state index contributed by atoms with van der Waals surface area (Å²) in [6.45, 7) is 2.43. The maximum Gasteiger partial charge on any atom is 0.253 e. The van der Waals surface area contributed by atoms with Gasteiger partial charge in [-0.15, -0.1) is 11.3 Å². The number of ether oxygens (including phenoxy) is 1. The van der Waals surface area contributed by atoms with Gasteiger partial charge in [0.1, 0.15) is 10.3 Å². The molecule has 6 nitrogen and oxygen atoms in total. The molecule has 2 aliphatic heterocycles. The number of hydrogen-bond donors (Lipinski definition) is 0. The third-order valence-electron chi connectivity index (χ3n) is 3.92. The van der Waals surface area contributed by atoms with Crippen molar-refractivity contribution < 1.29 is 17.9 Å². The van der Waals surface area contributed by atoms with Crippen LogP contribution >= 0.6 is 22.9 Å². The van der Waals surface area contributed by atoms with Crippen LogP contribution in [0.4, 0.5) is 0 Å². The average Bonchev–Trinajstić information content (AvgIpc) is 3.16. The van der Waals surface area contributed by atoms with Crippen molar-refractivity contribution in [1.82, 2.24) is 9.21 Å². The third-order valence-corrected chi connectivity index (χ3v) is 7.53. The van der Waals surface area contributed by atoms with Crippen molar-refractivity contribution in [2.45, 2.75) is 23.1 Å². The van der Waals surface area contributed by atoms with E-state index < -0.39 is 16.1 Å². The highest BCUT2D eigenvalue weighted by Gasteiger charge is 2.41. The predicted octanol–water partition coefficient (Wildman–Crippen LogP) is 1.41. The van der Waals surface area contributed by atoms with Crippen LogP contribution in [0.15, 0.2) is 16.3 Å². The fourth-order valence-corrected chi connectivity index (χ4v) is 6.08. The van der Waals surface area contributed by atoms with Crippen molar-refractivity contribution in [3.05, 3.63) is 16.5 Å². The van der Waals surface area contributed by atoms with Crippen LogP contribution < -0.4 is 0 Å².